The summed E-state index contributed by atoms with van der Waals surface area (Å²) in [4.78, 5) is 17.0. The Morgan fingerprint density at radius 1 is 1.35 bits per heavy atom. The van der Waals surface area contributed by atoms with Crippen molar-refractivity contribution in [2.75, 3.05) is 0 Å². The summed E-state index contributed by atoms with van der Waals surface area (Å²) in [6.45, 7) is 2.73. The molecule has 0 fully saturated rings. The lowest BCUT2D eigenvalue weighted by atomic mass is 10.1. The first-order chi connectivity index (χ1) is 8.16. The number of rotatable bonds is 0. The van der Waals surface area contributed by atoms with Crippen LogP contribution in [-0.2, 0) is 13.0 Å². The fourth-order valence-electron chi connectivity index (χ4n) is 2.47. The van der Waals surface area contributed by atoms with Crippen LogP contribution in [0.25, 0.3) is 10.9 Å². The minimum absolute atomic E-state index is 0.0512. The van der Waals surface area contributed by atoms with Crippen LogP contribution in [-0.4, -0.2) is 9.55 Å². The lowest BCUT2D eigenvalue weighted by Crippen LogP contribution is -2.28. The van der Waals surface area contributed by atoms with Crippen LogP contribution in [0.4, 0.5) is 0 Å². The molecule has 0 N–H and O–H groups in total. The number of aromatic nitrogens is 2. The largest absolute Gasteiger partial charge is 0.296 e. The fraction of sp³-hybridized carbons (Fsp3) is 0.385. The topological polar surface area (TPSA) is 34.9 Å². The zero-order valence-electron chi connectivity index (χ0n) is 9.66. The summed E-state index contributed by atoms with van der Waals surface area (Å²) >= 11 is 6.00. The van der Waals surface area contributed by atoms with E-state index in [4.69, 9.17) is 11.6 Å². The van der Waals surface area contributed by atoms with Gasteiger partial charge >= 0.3 is 0 Å². The molecule has 0 atom stereocenters. The van der Waals surface area contributed by atoms with Gasteiger partial charge in [-0.2, -0.15) is 0 Å². The smallest absolute Gasteiger partial charge is 0.261 e. The summed E-state index contributed by atoms with van der Waals surface area (Å²) in [5.74, 6) is 0.916. The molecule has 0 saturated carbocycles. The first kappa shape index (κ1) is 10.8. The van der Waals surface area contributed by atoms with Gasteiger partial charge in [0.1, 0.15) is 5.82 Å². The molecule has 88 valence electrons. The van der Waals surface area contributed by atoms with Crippen LogP contribution in [0.1, 0.15) is 24.2 Å². The van der Waals surface area contributed by atoms with Crippen molar-refractivity contribution in [3.8, 4) is 0 Å². The average molecular weight is 249 g/mol. The van der Waals surface area contributed by atoms with E-state index >= 15 is 0 Å². The van der Waals surface area contributed by atoms with Crippen LogP contribution < -0.4 is 5.56 Å². The van der Waals surface area contributed by atoms with Gasteiger partial charge in [0.2, 0.25) is 0 Å². The van der Waals surface area contributed by atoms with E-state index in [2.05, 4.69) is 4.98 Å². The van der Waals surface area contributed by atoms with Crippen LogP contribution in [0.5, 0.6) is 0 Å². The highest BCUT2D eigenvalue weighted by atomic mass is 35.5. The molecule has 2 aromatic rings. The molecule has 1 aliphatic heterocycles. The molecular weight excluding hydrogens is 236 g/mol. The summed E-state index contributed by atoms with van der Waals surface area (Å²) in [6.07, 6.45) is 3.07. The highest BCUT2D eigenvalue weighted by Gasteiger charge is 2.15. The first-order valence-corrected chi connectivity index (χ1v) is 6.24. The second kappa shape index (κ2) is 3.84. The molecule has 0 amide bonds. The SMILES string of the molecule is Cc1cc(Cl)cc2c(=O)n3c(nc12)CCCC3. The van der Waals surface area contributed by atoms with Gasteiger partial charge in [0.25, 0.3) is 5.56 Å². The summed E-state index contributed by atoms with van der Waals surface area (Å²) in [5, 5.41) is 1.24. The van der Waals surface area contributed by atoms with Crippen molar-refractivity contribution in [3.63, 3.8) is 0 Å². The van der Waals surface area contributed by atoms with Gasteiger partial charge in [-0.15, -0.1) is 0 Å². The molecule has 1 aromatic heterocycles. The van der Waals surface area contributed by atoms with Gasteiger partial charge in [0.05, 0.1) is 10.9 Å². The Morgan fingerprint density at radius 2 is 2.18 bits per heavy atom. The number of fused-ring (bicyclic) bond motifs is 2. The zero-order chi connectivity index (χ0) is 12.0. The molecular formula is C13H13ClN2O. The number of nitrogens with zero attached hydrogens (tertiary/aromatic N) is 2. The number of halogens is 1. The van der Waals surface area contributed by atoms with Crippen molar-refractivity contribution in [1.29, 1.82) is 0 Å². The zero-order valence-corrected chi connectivity index (χ0v) is 10.4. The molecule has 0 saturated heterocycles. The molecule has 0 radical (unpaired) electrons. The van der Waals surface area contributed by atoms with E-state index in [0.29, 0.717) is 10.4 Å². The van der Waals surface area contributed by atoms with Crippen molar-refractivity contribution in [3.05, 3.63) is 38.9 Å². The highest BCUT2D eigenvalue weighted by Crippen LogP contribution is 2.21. The Kier molecular flexibility index (Phi) is 2.44. The Bertz CT molecular complexity index is 660. The maximum Gasteiger partial charge on any atom is 0.261 e. The number of aryl methyl sites for hydroxylation is 2. The molecule has 0 aliphatic carbocycles. The molecule has 1 aliphatic rings. The van der Waals surface area contributed by atoms with E-state index in [-0.39, 0.29) is 5.56 Å². The third-order valence-electron chi connectivity index (χ3n) is 3.33. The predicted molar refractivity (Wildman–Crippen MR) is 68.7 cm³/mol. The van der Waals surface area contributed by atoms with E-state index in [0.717, 1.165) is 42.7 Å². The Hall–Kier alpha value is -1.35. The molecule has 2 heterocycles. The van der Waals surface area contributed by atoms with Crippen molar-refractivity contribution in [1.82, 2.24) is 9.55 Å². The molecule has 4 heteroatoms. The Morgan fingerprint density at radius 3 is 3.00 bits per heavy atom. The molecule has 0 bridgehead atoms. The standard InChI is InChI=1S/C13H13ClN2O/c1-8-6-9(14)7-10-12(8)15-11-4-2-3-5-16(11)13(10)17/h6-7H,2-5H2,1H3. The summed E-state index contributed by atoms with van der Waals surface area (Å²) < 4.78 is 1.79. The van der Waals surface area contributed by atoms with Gasteiger partial charge < -0.3 is 0 Å². The maximum absolute atomic E-state index is 12.3. The summed E-state index contributed by atoms with van der Waals surface area (Å²) in [6, 6.07) is 3.58. The second-order valence-corrected chi connectivity index (χ2v) is 5.00. The van der Waals surface area contributed by atoms with Crippen LogP contribution in [0.2, 0.25) is 5.02 Å². The van der Waals surface area contributed by atoms with E-state index in [9.17, 15) is 4.79 Å². The minimum Gasteiger partial charge on any atom is -0.296 e. The number of benzene rings is 1. The average Bonchev–Trinajstić information content (AvgIpc) is 2.31. The molecule has 0 unspecified atom stereocenters. The number of hydrogen-bond acceptors (Lipinski definition) is 2. The minimum atomic E-state index is 0.0512. The van der Waals surface area contributed by atoms with Crippen LogP contribution >= 0.6 is 11.6 Å². The van der Waals surface area contributed by atoms with Crippen molar-refractivity contribution >= 4 is 22.5 Å². The van der Waals surface area contributed by atoms with Crippen LogP contribution in [0.15, 0.2) is 16.9 Å². The van der Waals surface area contributed by atoms with E-state index in [1.165, 1.54) is 0 Å². The Labute approximate surface area is 104 Å². The van der Waals surface area contributed by atoms with Crippen molar-refractivity contribution in [2.45, 2.75) is 32.7 Å². The van der Waals surface area contributed by atoms with Crippen molar-refractivity contribution < 1.29 is 0 Å². The third kappa shape index (κ3) is 1.65. The third-order valence-corrected chi connectivity index (χ3v) is 3.54. The second-order valence-electron chi connectivity index (χ2n) is 4.56. The monoisotopic (exact) mass is 248 g/mol. The highest BCUT2D eigenvalue weighted by molar-refractivity contribution is 6.31. The first-order valence-electron chi connectivity index (χ1n) is 5.86. The molecule has 17 heavy (non-hydrogen) atoms. The van der Waals surface area contributed by atoms with E-state index in [1.807, 2.05) is 13.0 Å². The fourth-order valence-corrected chi connectivity index (χ4v) is 2.75. The van der Waals surface area contributed by atoms with Gasteiger partial charge in [-0.05, 0) is 37.5 Å². The van der Waals surface area contributed by atoms with Crippen LogP contribution in [0.3, 0.4) is 0 Å². The van der Waals surface area contributed by atoms with Gasteiger partial charge in [-0.3, -0.25) is 9.36 Å². The van der Waals surface area contributed by atoms with Gasteiger partial charge in [0, 0.05) is 18.0 Å². The molecule has 3 nitrogen and oxygen atoms in total. The molecule has 1 aromatic carbocycles. The normalized spacial score (nSPS) is 14.9. The van der Waals surface area contributed by atoms with Gasteiger partial charge in [-0.25, -0.2) is 4.98 Å². The Balaban J connectivity index is 2.44. The van der Waals surface area contributed by atoms with Crippen LogP contribution in [0, 0.1) is 6.92 Å². The summed E-state index contributed by atoms with van der Waals surface area (Å²) in [5.41, 5.74) is 1.82. The quantitative estimate of drug-likeness (QED) is 0.719. The maximum atomic E-state index is 12.3. The van der Waals surface area contributed by atoms with Gasteiger partial charge in [-0.1, -0.05) is 11.6 Å². The van der Waals surface area contributed by atoms with E-state index in [1.54, 1.807) is 10.6 Å². The molecule has 3 rings (SSSR count). The number of hydrogen-bond donors (Lipinski definition) is 0. The van der Waals surface area contributed by atoms with Crippen molar-refractivity contribution in [2.24, 2.45) is 0 Å². The summed E-state index contributed by atoms with van der Waals surface area (Å²) in [7, 11) is 0. The lowest BCUT2D eigenvalue weighted by molar-refractivity contribution is 0.501. The van der Waals surface area contributed by atoms with Gasteiger partial charge in [0.15, 0.2) is 0 Å². The van der Waals surface area contributed by atoms with E-state index < -0.39 is 0 Å². The predicted octanol–water partition coefficient (Wildman–Crippen LogP) is 2.69. The lowest BCUT2D eigenvalue weighted by Gasteiger charge is -2.18. The molecule has 0 spiro atoms.